The fourth-order valence-electron chi connectivity index (χ4n) is 2.85. The molecule has 27 heavy (non-hydrogen) atoms. The minimum absolute atomic E-state index is 0.0178. The number of halogens is 1. The van der Waals surface area contributed by atoms with Gasteiger partial charge in [0, 0.05) is 19.2 Å². The minimum atomic E-state index is -0.0592. The molecule has 0 aromatic carbocycles. The topological polar surface area (TPSA) is 68.1 Å². The monoisotopic (exact) mass is 420 g/mol. The van der Waals surface area contributed by atoms with E-state index in [1.54, 1.807) is 22.0 Å². The Bertz CT molecular complexity index is 1020. The molecule has 1 aliphatic carbocycles. The second kappa shape index (κ2) is 7.18. The summed E-state index contributed by atoms with van der Waals surface area (Å²) >= 11 is 8.61. The summed E-state index contributed by atoms with van der Waals surface area (Å²) in [6.07, 6.45) is 5.26. The van der Waals surface area contributed by atoms with Gasteiger partial charge in [-0.2, -0.15) is 5.10 Å². The zero-order chi connectivity index (χ0) is 19.1. The zero-order valence-electron chi connectivity index (χ0n) is 14.8. The fourth-order valence-corrected chi connectivity index (χ4v) is 4.88. The van der Waals surface area contributed by atoms with Crippen molar-refractivity contribution in [1.82, 2.24) is 14.8 Å². The SMILES string of the molecule is CC(=O)c1sc(N(C(=O)c2cc(Cn3cc(Cl)cn3)cs2)C2CC2)nc1C. The fraction of sp³-hybridized carbons (Fsp3) is 0.333. The molecule has 3 aromatic heterocycles. The van der Waals surface area contributed by atoms with Crippen molar-refractivity contribution in [1.29, 1.82) is 0 Å². The largest absolute Gasteiger partial charge is 0.294 e. The van der Waals surface area contributed by atoms with Crippen molar-refractivity contribution in [2.75, 3.05) is 4.90 Å². The number of thiophene rings is 1. The second-order valence-corrected chi connectivity index (χ2v) is 8.87. The van der Waals surface area contributed by atoms with Gasteiger partial charge in [-0.25, -0.2) is 4.98 Å². The number of anilines is 1. The maximum absolute atomic E-state index is 13.2. The summed E-state index contributed by atoms with van der Waals surface area (Å²) in [5.41, 5.74) is 1.68. The van der Waals surface area contributed by atoms with E-state index in [0.29, 0.717) is 32.1 Å². The highest BCUT2D eigenvalue weighted by atomic mass is 35.5. The molecule has 0 bridgehead atoms. The molecule has 1 amide bonds. The summed E-state index contributed by atoms with van der Waals surface area (Å²) < 4.78 is 1.74. The van der Waals surface area contributed by atoms with Gasteiger partial charge in [-0.15, -0.1) is 11.3 Å². The van der Waals surface area contributed by atoms with Gasteiger partial charge in [0.15, 0.2) is 10.9 Å². The van der Waals surface area contributed by atoms with E-state index in [4.69, 9.17) is 11.6 Å². The van der Waals surface area contributed by atoms with E-state index in [1.165, 1.54) is 29.6 Å². The molecule has 0 N–H and O–H groups in total. The lowest BCUT2D eigenvalue weighted by molar-refractivity contribution is 0.0986. The quantitative estimate of drug-likeness (QED) is 0.553. The van der Waals surface area contributed by atoms with Crippen molar-refractivity contribution in [3.05, 3.63) is 49.9 Å². The molecular weight excluding hydrogens is 404 g/mol. The highest BCUT2D eigenvalue weighted by Gasteiger charge is 2.37. The Balaban J connectivity index is 1.58. The Kier molecular flexibility index (Phi) is 4.88. The van der Waals surface area contributed by atoms with Crippen LogP contribution in [0, 0.1) is 6.92 Å². The molecule has 6 nitrogen and oxygen atoms in total. The number of nitrogens with zero attached hydrogens (tertiary/aromatic N) is 4. The first kappa shape index (κ1) is 18.3. The predicted octanol–water partition coefficient (Wildman–Crippen LogP) is 4.42. The average molecular weight is 421 g/mol. The first-order valence-electron chi connectivity index (χ1n) is 8.49. The smallest absolute Gasteiger partial charge is 0.270 e. The van der Waals surface area contributed by atoms with Crippen LogP contribution in [-0.4, -0.2) is 32.5 Å². The van der Waals surface area contributed by atoms with Crippen LogP contribution >= 0.6 is 34.3 Å². The van der Waals surface area contributed by atoms with Gasteiger partial charge in [0.2, 0.25) is 0 Å². The first-order chi connectivity index (χ1) is 12.9. The van der Waals surface area contributed by atoms with Crippen molar-refractivity contribution < 1.29 is 9.59 Å². The van der Waals surface area contributed by atoms with Crippen LogP contribution in [0.5, 0.6) is 0 Å². The third kappa shape index (κ3) is 3.83. The molecule has 0 atom stereocenters. The molecule has 0 radical (unpaired) electrons. The summed E-state index contributed by atoms with van der Waals surface area (Å²) in [5.74, 6) is -0.0770. The number of carbonyl (C=O) groups excluding carboxylic acids is 2. The van der Waals surface area contributed by atoms with Gasteiger partial charge in [-0.3, -0.25) is 19.2 Å². The third-order valence-corrected chi connectivity index (χ3v) is 6.67. The number of hydrogen-bond donors (Lipinski definition) is 0. The molecule has 1 aliphatic rings. The van der Waals surface area contributed by atoms with Crippen molar-refractivity contribution >= 4 is 51.1 Å². The predicted molar refractivity (Wildman–Crippen MR) is 107 cm³/mol. The van der Waals surface area contributed by atoms with Gasteiger partial charge < -0.3 is 0 Å². The number of aryl methyl sites for hydroxylation is 1. The number of ketones is 1. The maximum atomic E-state index is 13.2. The van der Waals surface area contributed by atoms with Gasteiger partial charge >= 0.3 is 0 Å². The molecule has 0 spiro atoms. The Morgan fingerprint density at radius 3 is 2.78 bits per heavy atom. The summed E-state index contributed by atoms with van der Waals surface area (Å²) in [5, 5.41) is 7.32. The van der Waals surface area contributed by atoms with E-state index in [1.807, 2.05) is 18.4 Å². The number of aromatic nitrogens is 3. The number of thiazole rings is 1. The van der Waals surface area contributed by atoms with E-state index < -0.39 is 0 Å². The standard InChI is InChI=1S/C18H17ClN4O2S2/c1-10-16(11(2)24)27-18(21-10)23(14-3-4-14)17(25)15-5-12(9-26-15)7-22-8-13(19)6-20-22/h5-6,8-9,14H,3-4,7H2,1-2H3. The molecular formula is C18H17ClN4O2S2. The second-order valence-electron chi connectivity index (χ2n) is 6.55. The normalized spacial score (nSPS) is 13.7. The average Bonchev–Trinajstić information content (AvgIpc) is 3.01. The molecule has 140 valence electrons. The molecule has 0 aliphatic heterocycles. The molecule has 1 saturated carbocycles. The van der Waals surface area contributed by atoms with Gasteiger partial charge in [-0.1, -0.05) is 22.9 Å². The molecule has 4 rings (SSSR count). The van der Waals surface area contributed by atoms with Crippen LogP contribution in [0.2, 0.25) is 5.02 Å². The van der Waals surface area contributed by atoms with E-state index in [0.717, 1.165) is 18.4 Å². The van der Waals surface area contributed by atoms with Crippen LogP contribution in [0.1, 0.15) is 50.4 Å². The number of amides is 1. The number of carbonyl (C=O) groups is 2. The van der Waals surface area contributed by atoms with E-state index >= 15 is 0 Å². The van der Waals surface area contributed by atoms with Crippen molar-refractivity contribution in [2.45, 2.75) is 39.3 Å². The van der Waals surface area contributed by atoms with Crippen LogP contribution in [-0.2, 0) is 6.54 Å². The highest BCUT2D eigenvalue weighted by Crippen LogP contribution is 2.37. The number of rotatable bonds is 6. The van der Waals surface area contributed by atoms with Crippen LogP contribution in [0.15, 0.2) is 23.8 Å². The van der Waals surface area contributed by atoms with Crippen molar-refractivity contribution in [3.63, 3.8) is 0 Å². The number of hydrogen-bond acceptors (Lipinski definition) is 6. The van der Waals surface area contributed by atoms with Gasteiger partial charge in [0.05, 0.1) is 33.2 Å². The third-order valence-electron chi connectivity index (χ3n) is 4.25. The van der Waals surface area contributed by atoms with Gasteiger partial charge in [-0.05, 0) is 36.8 Å². The van der Waals surface area contributed by atoms with E-state index in [-0.39, 0.29) is 17.7 Å². The summed E-state index contributed by atoms with van der Waals surface area (Å²) in [6, 6.07) is 2.06. The molecule has 9 heteroatoms. The maximum Gasteiger partial charge on any atom is 0.270 e. The van der Waals surface area contributed by atoms with E-state index in [2.05, 4.69) is 10.1 Å². The highest BCUT2D eigenvalue weighted by molar-refractivity contribution is 7.18. The molecule has 1 fully saturated rings. The molecule has 3 heterocycles. The summed E-state index contributed by atoms with van der Waals surface area (Å²) in [7, 11) is 0. The van der Waals surface area contributed by atoms with Crippen LogP contribution in [0.4, 0.5) is 5.13 Å². The molecule has 0 unspecified atom stereocenters. The van der Waals surface area contributed by atoms with E-state index in [9.17, 15) is 9.59 Å². The van der Waals surface area contributed by atoms with Crippen molar-refractivity contribution in [3.8, 4) is 0 Å². The Morgan fingerprint density at radius 1 is 1.41 bits per heavy atom. The number of Topliss-reactive ketones (excluding diaryl/α,β-unsaturated/α-hetero) is 1. The van der Waals surface area contributed by atoms with Gasteiger partial charge in [0.1, 0.15) is 0 Å². The van der Waals surface area contributed by atoms with Gasteiger partial charge in [0.25, 0.3) is 5.91 Å². The van der Waals surface area contributed by atoms with Crippen LogP contribution in [0.25, 0.3) is 0 Å². The lowest BCUT2D eigenvalue weighted by Crippen LogP contribution is -2.32. The lowest BCUT2D eigenvalue weighted by Gasteiger charge is -2.18. The van der Waals surface area contributed by atoms with Crippen LogP contribution in [0.3, 0.4) is 0 Å². The lowest BCUT2D eigenvalue weighted by atomic mass is 10.3. The summed E-state index contributed by atoms with van der Waals surface area (Å²) in [6.45, 7) is 3.90. The first-order valence-corrected chi connectivity index (χ1v) is 10.6. The minimum Gasteiger partial charge on any atom is -0.294 e. The molecule has 0 saturated heterocycles. The van der Waals surface area contributed by atoms with Crippen LogP contribution < -0.4 is 4.90 Å². The Hall–Kier alpha value is -2.03. The Labute approximate surface area is 169 Å². The molecule has 3 aromatic rings. The van der Waals surface area contributed by atoms with Crippen molar-refractivity contribution in [2.24, 2.45) is 0 Å². The summed E-state index contributed by atoms with van der Waals surface area (Å²) in [4.78, 5) is 32.4. The zero-order valence-corrected chi connectivity index (χ0v) is 17.2. The Morgan fingerprint density at radius 2 is 2.19 bits per heavy atom.